The predicted octanol–water partition coefficient (Wildman–Crippen LogP) is 6.25. The minimum Gasteiger partial charge on any atom is -0.512 e. The average molecular weight is 376 g/mol. The van der Waals surface area contributed by atoms with E-state index in [1.807, 2.05) is 55.5 Å². The van der Waals surface area contributed by atoms with Crippen LogP contribution >= 0.6 is 0 Å². The zero-order chi connectivity index (χ0) is 20.2. The molecule has 0 heterocycles. The monoisotopic (exact) mass is 376 g/mol. The maximum atomic E-state index is 10.3. The molecule has 0 atom stereocenters. The Hall–Kier alpha value is -2.53. The third-order valence-corrected chi connectivity index (χ3v) is 3.44. The van der Waals surface area contributed by atoms with Crippen molar-refractivity contribution >= 4 is 5.97 Å². The Kier molecular flexibility index (Phi) is 16.6. The van der Waals surface area contributed by atoms with Crippen molar-refractivity contribution < 1.29 is 25.2 Å². The number of carboxylic acids is 1. The largest absolute Gasteiger partial charge is 0.512 e. The standard InChI is InChI=1S/C22H32O5/c1-2-3-12-16-21(27-26)19-18-20(23)15-13-10-8-6-4-5-7-9-11-14-17-22(24)25/h3-5,8-12,15,19,23,26H,2,6-7,13-14,16-18H2,1H3,(H,24,25)/b5-4-,10-8-,11-9-,12-3-,20-15+,21-19+. The van der Waals surface area contributed by atoms with Gasteiger partial charge in [-0.3, -0.25) is 4.79 Å². The molecule has 0 rings (SSSR count). The smallest absolute Gasteiger partial charge is 0.303 e. The number of carboxylic acid groups (broad SMARTS) is 1. The number of hydrogen-bond acceptors (Lipinski definition) is 4. The van der Waals surface area contributed by atoms with Crippen LogP contribution in [0.25, 0.3) is 0 Å². The summed E-state index contributed by atoms with van der Waals surface area (Å²) in [6.07, 6.45) is 23.9. The van der Waals surface area contributed by atoms with E-state index in [1.54, 1.807) is 12.2 Å². The number of rotatable bonds is 15. The Morgan fingerprint density at radius 3 is 2.04 bits per heavy atom. The summed E-state index contributed by atoms with van der Waals surface area (Å²) in [5.41, 5.74) is 0. The van der Waals surface area contributed by atoms with Gasteiger partial charge >= 0.3 is 5.97 Å². The lowest BCUT2D eigenvalue weighted by Gasteiger charge is -2.00. The minimum atomic E-state index is -0.775. The summed E-state index contributed by atoms with van der Waals surface area (Å²) in [6.45, 7) is 2.03. The van der Waals surface area contributed by atoms with Crippen molar-refractivity contribution in [1.29, 1.82) is 0 Å². The summed E-state index contributed by atoms with van der Waals surface area (Å²) in [5, 5.41) is 27.1. The first-order valence-electron chi connectivity index (χ1n) is 9.30. The van der Waals surface area contributed by atoms with E-state index in [0.717, 1.165) is 19.3 Å². The second-order valence-electron chi connectivity index (χ2n) is 5.80. The second-order valence-corrected chi connectivity index (χ2v) is 5.80. The van der Waals surface area contributed by atoms with Gasteiger partial charge in [0, 0.05) is 19.3 Å². The molecule has 0 saturated carbocycles. The van der Waals surface area contributed by atoms with Crippen molar-refractivity contribution in [3.8, 4) is 0 Å². The molecule has 0 bridgehead atoms. The quantitative estimate of drug-likeness (QED) is 0.136. The molecule has 27 heavy (non-hydrogen) atoms. The molecule has 5 nitrogen and oxygen atoms in total. The van der Waals surface area contributed by atoms with Crippen molar-refractivity contribution in [3.05, 3.63) is 72.3 Å². The minimum absolute atomic E-state index is 0.170. The fraction of sp³-hybridized carbons (Fsp3) is 0.409. The number of allylic oxidation sites excluding steroid dienone is 10. The topological polar surface area (TPSA) is 87.0 Å². The average Bonchev–Trinajstić information content (AvgIpc) is 2.65. The van der Waals surface area contributed by atoms with Gasteiger partial charge in [-0.2, -0.15) is 0 Å². The van der Waals surface area contributed by atoms with Crippen LogP contribution in [0.3, 0.4) is 0 Å². The molecule has 5 heteroatoms. The molecule has 0 unspecified atom stereocenters. The molecule has 0 saturated heterocycles. The van der Waals surface area contributed by atoms with E-state index in [9.17, 15) is 9.90 Å². The first-order valence-corrected chi connectivity index (χ1v) is 9.30. The lowest BCUT2D eigenvalue weighted by Crippen LogP contribution is -1.91. The first-order chi connectivity index (χ1) is 13.1. The van der Waals surface area contributed by atoms with Gasteiger partial charge in [0.05, 0.1) is 5.76 Å². The predicted molar refractivity (Wildman–Crippen MR) is 109 cm³/mol. The number of aliphatic carboxylic acids is 1. The van der Waals surface area contributed by atoms with Gasteiger partial charge in [0.2, 0.25) is 0 Å². The van der Waals surface area contributed by atoms with Gasteiger partial charge in [0.25, 0.3) is 0 Å². The molecule has 0 aliphatic heterocycles. The van der Waals surface area contributed by atoms with Crippen LogP contribution in [-0.4, -0.2) is 21.4 Å². The van der Waals surface area contributed by atoms with E-state index >= 15 is 0 Å². The number of hydrogen-bond donors (Lipinski definition) is 3. The number of carbonyl (C=O) groups is 1. The van der Waals surface area contributed by atoms with Crippen LogP contribution in [0.4, 0.5) is 0 Å². The van der Waals surface area contributed by atoms with Crippen molar-refractivity contribution in [2.75, 3.05) is 0 Å². The van der Waals surface area contributed by atoms with Crippen LogP contribution < -0.4 is 0 Å². The van der Waals surface area contributed by atoms with Crippen LogP contribution in [0.2, 0.25) is 0 Å². The summed E-state index contributed by atoms with van der Waals surface area (Å²) in [6, 6.07) is 0. The molecule has 3 N–H and O–H groups in total. The lowest BCUT2D eigenvalue weighted by atomic mass is 10.2. The molecule has 0 aliphatic rings. The highest BCUT2D eigenvalue weighted by Crippen LogP contribution is 2.09. The van der Waals surface area contributed by atoms with E-state index in [-0.39, 0.29) is 12.2 Å². The van der Waals surface area contributed by atoms with Crippen LogP contribution in [-0.2, 0) is 9.68 Å². The van der Waals surface area contributed by atoms with Crippen molar-refractivity contribution in [2.45, 2.75) is 58.3 Å². The summed E-state index contributed by atoms with van der Waals surface area (Å²) < 4.78 is 0. The fourth-order valence-electron chi connectivity index (χ4n) is 1.99. The van der Waals surface area contributed by atoms with Gasteiger partial charge in [-0.1, -0.05) is 55.5 Å². The Labute approximate surface area is 162 Å². The van der Waals surface area contributed by atoms with E-state index < -0.39 is 5.97 Å². The summed E-state index contributed by atoms with van der Waals surface area (Å²) in [5.74, 6) is -0.129. The molecule has 0 aliphatic carbocycles. The molecule has 0 aromatic carbocycles. The number of aliphatic hydroxyl groups excluding tert-OH is 1. The van der Waals surface area contributed by atoms with Crippen LogP contribution in [0, 0.1) is 0 Å². The molecule has 0 radical (unpaired) electrons. The van der Waals surface area contributed by atoms with Gasteiger partial charge in [-0.05, 0) is 44.3 Å². The number of aliphatic hydroxyl groups is 1. The lowest BCUT2D eigenvalue weighted by molar-refractivity contribution is -0.204. The Morgan fingerprint density at radius 2 is 1.44 bits per heavy atom. The molecule has 0 aromatic rings. The maximum absolute atomic E-state index is 10.3. The van der Waals surface area contributed by atoms with Crippen molar-refractivity contribution in [2.24, 2.45) is 0 Å². The fourth-order valence-corrected chi connectivity index (χ4v) is 1.99. The van der Waals surface area contributed by atoms with E-state index in [1.165, 1.54) is 0 Å². The highest BCUT2D eigenvalue weighted by atomic mass is 17.1. The van der Waals surface area contributed by atoms with Gasteiger partial charge in [0.15, 0.2) is 0 Å². The summed E-state index contributed by atoms with van der Waals surface area (Å²) in [4.78, 5) is 14.6. The highest BCUT2D eigenvalue weighted by molar-refractivity contribution is 5.66. The highest BCUT2D eigenvalue weighted by Gasteiger charge is 1.96. The van der Waals surface area contributed by atoms with Gasteiger partial charge in [-0.15, -0.1) is 0 Å². The van der Waals surface area contributed by atoms with Crippen LogP contribution in [0.1, 0.15) is 58.3 Å². The summed E-state index contributed by atoms with van der Waals surface area (Å²) in [7, 11) is 0. The third kappa shape index (κ3) is 18.1. The van der Waals surface area contributed by atoms with Gasteiger partial charge in [0.1, 0.15) is 5.76 Å². The molecular formula is C22H32O5. The zero-order valence-electron chi connectivity index (χ0n) is 16.1. The second kappa shape index (κ2) is 18.3. The normalized spacial score (nSPS) is 13.6. The zero-order valence-corrected chi connectivity index (χ0v) is 16.1. The third-order valence-electron chi connectivity index (χ3n) is 3.44. The van der Waals surface area contributed by atoms with E-state index in [2.05, 4.69) is 4.89 Å². The molecule has 0 fully saturated rings. The van der Waals surface area contributed by atoms with Crippen LogP contribution in [0.15, 0.2) is 72.3 Å². The Bertz CT molecular complexity index is 565. The van der Waals surface area contributed by atoms with Gasteiger partial charge in [-0.25, -0.2) is 5.26 Å². The van der Waals surface area contributed by atoms with E-state index in [4.69, 9.17) is 10.4 Å². The van der Waals surface area contributed by atoms with E-state index in [0.29, 0.717) is 31.4 Å². The first kappa shape index (κ1) is 24.5. The van der Waals surface area contributed by atoms with Crippen LogP contribution in [0.5, 0.6) is 0 Å². The van der Waals surface area contributed by atoms with Gasteiger partial charge < -0.3 is 15.1 Å². The SMILES string of the molecule is CC/C=C\C/C(=C\C/C(O)=C\C/C=C\C/C=C\C/C=C\CCC(=O)O)OO. The molecule has 0 spiro atoms. The molecule has 0 aromatic heterocycles. The Balaban J connectivity index is 3.96. The van der Waals surface area contributed by atoms with Crippen molar-refractivity contribution in [1.82, 2.24) is 0 Å². The van der Waals surface area contributed by atoms with Crippen molar-refractivity contribution in [3.63, 3.8) is 0 Å². The molecule has 150 valence electrons. The summed E-state index contributed by atoms with van der Waals surface area (Å²) >= 11 is 0. The maximum Gasteiger partial charge on any atom is 0.303 e. The molecule has 0 amide bonds. The Morgan fingerprint density at radius 1 is 0.815 bits per heavy atom. The molecular weight excluding hydrogens is 344 g/mol.